The Kier molecular flexibility index (Phi) is 4.55. The smallest absolute Gasteiger partial charge is 0.181 e. The molecule has 3 aromatic rings. The van der Waals surface area contributed by atoms with Gasteiger partial charge in [0.2, 0.25) is 0 Å². The van der Waals surface area contributed by atoms with Crippen LogP contribution in [-0.2, 0) is 0 Å². The van der Waals surface area contributed by atoms with Gasteiger partial charge in [-0.3, -0.25) is 0 Å². The summed E-state index contributed by atoms with van der Waals surface area (Å²) in [6.07, 6.45) is 3.33. The van der Waals surface area contributed by atoms with Gasteiger partial charge in [-0.05, 0) is 52.9 Å². The highest BCUT2D eigenvalue weighted by atomic mass is 35.5. The van der Waals surface area contributed by atoms with E-state index in [0.29, 0.717) is 16.5 Å². The van der Waals surface area contributed by atoms with Crippen molar-refractivity contribution in [2.24, 2.45) is 0 Å². The lowest BCUT2D eigenvalue weighted by Crippen LogP contribution is -1.99. The molecule has 0 saturated heterocycles. The Labute approximate surface area is 141 Å². The fourth-order valence-electron chi connectivity index (χ4n) is 1.86. The van der Waals surface area contributed by atoms with Crippen LogP contribution in [0.5, 0.6) is 0 Å². The van der Waals surface area contributed by atoms with E-state index in [1.807, 2.05) is 12.1 Å². The van der Waals surface area contributed by atoms with Crippen molar-refractivity contribution in [2.45, 2.75) is 0 Å². The largest absolute Gasteiger partial charge is 0.362 e. The summed E-state index contributed by atoms with van der Waals surface area (Å²) in [4.78, 5) is 0. The van der Waals surface area contributed by atoms with Crippen LogP contribution < -0.4 is 5.32 Å². The first-order valence-electron chi connectivity index (χ1n) is 6.56. The summed E-state index contributed by atoms with van der Waals surface area (Å²) >= 11 is 11.6. The van der Waals surface area contributed by atoms with Crippen molar-refractivity contribution in [1.29, 1.82) is 0 Å². The molecule has 0 aliphatic carbocycles. The first kappa shape index (κ1) is 15.5. The standard InChI is InChI=1S/C15H10Cl2FN5/c16-10-1-4-12(5-2-10)23-15(20-21-22-23)7-8-19-11-3-6-14(18)13(17)9-11/h1-9,19H. The summed E-state index contributed by atoms with van der Waals surface area (Å²) in [5, 5.41) is 15.2. The minimum atomic E-state index is -0.465. The van der Waals surface area contributed by atoms with E-state index in [1.165, 1.54) is 12.1 Å². The van der Waals surface area contributed by atoms with Gasteiger partial charge in [0, 0.05) is 23.0 Å². The number of aromatic nitrogens is 4. The highest BCUT2D eigenvalue weighted by Gasteiger charge is 2.05. The van der Waals surface area contributed by atoms with Crippen molar-refractivity contribution in [1.82, 2.24) is 20.2 Å². The summed E-state index contributed by atoms with van der Waals surface area (Å²) in [7, 11) is 0. The van der Waals surface area contributed by atoms with E-state index in [2.05, 4.69) is 20.8 Å². The summed E-state index contributed by atoms with van der Waals surface area (Å²) in [6.45, 7) is 0. The van der Waals surface area contributed by atoms with Crippen molar-refractivity contribution >= 4 is 35.0 Å². The Morgan fingerprint density at radius 3 is 2.61 bits per heavy atom. The Morgan fingerprint density at radius 1 is 1.09 bits per heavy atom. The Bertz CT molecular complexity index is 845. The van der Waals surface area contributed by atoms with Gasteiger partial charge < -0.3 is 5.32 Å². The topological polar surface area (TPSA) is 55.6 Å². The number of hydrogen-bond acceptors (Lipinski definition) is 4. The number of halogens is 3. The van der Waals surface area contributed by atoms with E-state index in [0.717, 1.165) is 5.69 Å². The fraction of sp³-hybridized carbons (Fsp3) is 0. The molecule has 0 spiro atoms. The van der Waals surface area contributed by atoms with Gasteiger partial charge in [0.25, 0.3) is 0 Å². The first-order chi connectivity index (χ1) is 11.1. The van der Waals surface area contributed by atoms with E-state index in [-0.39, 0.29) is 5.02 Å². The van der Waals surface area contributed by atoms with Gasteiger partial charge in [-0.1, -0.05) is 23.2 Å². The molecule has 5 nitrogen and oxygen atoms in total. The lowest BCUT2D eigenvalue weighted by molar-refractivity contribution is 0.628. The second-order valence-electron chi connectivity index (χ2n) is 4.53. The molecule has 1 heterocycles. The molecule has 1 N–H and O–H groups in total. The molecule has 0 fully saturated rings. The molecule has 3 rings (SSSR count). The molecule has 0 unspecified atom stereocenters. The molecule has 2 aromatic carbocycles. The highest BCUT2D eigenvalue weighted by molar-refractivity contribution is 6.31. The van der Waals surface area contributed by atoms with Crippen molar-refractivity contribution in [3.8, 4) is 5.69 Å². The zero-order valence-corrected chi connectivity index (χ0v) is 13.1. The monoisotopic (exact) mass is 349 g/mol. The van der Waals surface area contributed by atoms with Gasteiger partial charge in [-0.2, -0.15) is 4.68 Å². The molecule has 0 aliphatic heterocycles. The van der Waals surface area contributed by atoms with Crippen molar-refractivity contribution in [3.05, 3.63) is 70.4 Å². The van der Waals surface area contributed by atoms with Crippen molar-refractivity contribution in [2.75, 3.05) is 5.32 Å². The Morgan fingerprint density at radius 2 is 1.87 bits per heavy atom. The van der Waals surface area contributed by atoms with Crippen LogP contribution in [-0.4, -0.2) is 20.2 Å². The maximum Gasteiger partial charge on any atom is 0.181 e. The van der Waals surface area contributed by atoms with Crippen molar-refractivity contribution < 1.29 is 4.39 Å². The minimum absolute atomic E-state index is 0.0504. The van der Waals surface area contributed by atoms with Crippen LogP contribution >= 0.6 is 23.2 Å². The molecule has 0 saturated carbocycles. The van der Waals surface area contributed by atoms with Crippen LogP contribution in [0.3, 0.4) is 0 Å². The molecule has 0 radical (unpaired) electrons. The normalized spacial score (nSPS) is 11.1. The molecule has 0 bridgehead atoms. The fourth-order valence-corrected chi connectivity index (χ4v) is 2.17. The van der Waals surface area contributed by atoms with E-state index in [9.17, 15) is 4.39 Å². The van der Waals surface area contributed by atoms with Crippen LogP contribution in [0.25, 0.3) is 11.8 Å². The van der Waals surface area contributed by atoms with Crippen LogP contribution in [0.4, 0.5) is 10.1 Å². The number of tetrazole rings is 1. The average Bonchev–Trinajstić information content (AvgIpc) is 3.00. The molecule has 23 heavy (non-hydrogen) atoms. The molecule has 1 aromatic heterocycles. The Hall–Kier alpha value is -2.44. The van der Waals surface area contributed by atoms with E-state index in [4.69, 9.17) is 23.2 Å². The van der Waals surface area contributed by atoms with Gasteiger partial charge in [-0.25, -0.2) is 4.39 Å². The lowest BCUT2D eigenvalue weighted by Gasteiger charge is -2.03. The number of rotatable bonds is 4. The maximum absolute atomic E-state index is 13.1. The number of nitrogens with zero attached hydrogens (tertiary/aromatic N) is 4. The van der Waals surface area contributed by atoms with Gasteiger partial charge in [0.15, 0.2) is 5.82 Å². The second kappa shape index (κ2) is 6.76. The average molecular weight is 350 g/mol. The van der Waals surface area contributed by atoms with Crippen LogP contribution in [0.2, 0.25) is 10.0 Å². The molecule has 116 valence electrons. The summed E-state index contributed by atoms with van der Waals surface area (Å²) in [5.74, 6) is 0.0564. The predicted molar refractivity (Wildman–Crippen MR) is 88.2 cm³/mol. The van der Waals surface area contributed by atoms with Crippen LogP contribution in [0, 0.1) is 5.82 Å². The quantitative estimate of drug-likeness (QED) is 0.767. The molecule has 8 heteroatoms. The third-order valence-electron chi connectivity index (χ3n) is 2.97. The number of hydrogen-bond donors (Lipinski definition) is 1. The second-order valence-corrected chi connectivity index (χ2v) is 5.38. The van der Waals surface area contributed by atoms with Gasteiger partial charge >= 0.3 is 0 Å². The minimum Gasteiger partial charge on any atom is -0.362 e. The highest BCUT2D eigenvalue weighted by Crippen LogP contribution is 2.19. The van der Waals surface area contributed by atoms with E-state index < -0.39 is 5.82 Å². The summed E-state index contributed by atoms with van der Waals surface area (Å²) in [5.41, 5.74) is 1.43. The third-order valence-corrected chi connectivity index (χ3v) is 3.51. The number of nitrogens with one attached hydrogen (secondary N) is 1. The Balaban J connectivity index is 1.77. The van der Waals surface area contributed by atoms with Gasteiger partial charge in [0.1, 0.15) is 5.82 Å². The molecule has 0 amide bonds. The zero-order valence-electron chi connectivity index (χ0n) is 11.6. The molecular formula is C15H10Cl2FN5. The third kappa shape index (κ3) is 3.67. The van der Waals surface area contributed by atoms with Gasteiger partial charge in [0.05, 0.1) is 10.7 Å². The lowest BCUT2D eigenvalue weighted by atomic mass is 10.3. The van der Waals surface area contributed by atoms with E-state index >= 15 is 0 Å². The molecule has 0 atom stereocenters. The van der Waals surface area contributed by atoms with Crippen LogP contribution in [0.1, 0.15) is 5.82 Å². The predicted octanol–water partition coefficient (Wildman–Crippen LogP) is 4.19. The zero-order chi connectivity index (χ0) is 16.2. The number of benzene rings is 2. The van der Waals surface area contributed by atoms with Crippen molar-refractivity contribution in [3.63, 3.8) is 0 Å². The first-order valence-corrected chi connectivity index (χ1v) is 7.31. The summed E-state index contributed by atoms with van der Waals surface area (Å²) < 4.78 is 14.7. The molecular weight excluding hydrogens is 340 g/mol. The van der Waals surface area contributed by atoms with Crippen LogP contribution in [0.15, 0.2) is 48.7 Å². The SMILES string of the molecule is Fc1ccc(NC=Cc2nnnn2-c2ccc(Cl)cc2)cc1Cl. The summed E-state index contributed by atoms with van der Waals surface area (Å²) in [6, 6.07) is 11.5. The maximum atomic E-state index is 13.1. The van der Waals surface area contributed by atoms with Gasteiger partial charge in [-0.15, -0.1) is 5.10 Å². The molecule has 0 aliphatic rings. The number of anilines is 1. The van der Waals surface area contributed by atoms with E-state index in [1.54, 1.807) is 35.2 Å².